The second kappa shape index (κ2) is 34.3. The molecule has 96 heavy (non-hydrogen) atoms. The average molecular weight is 1310 g/mol. The van der Waals surface area contributed by atoms with Crippen molar-refractivity contribution in [3.63, 3.8) is 0 Å². The van der Waals surface area contributed by atoms with Crippen LogP contribution in [0.4, 0.5) is 8.78 Å². The maximum absolute atomic E-state index is 13.4. The van der Waals surface area contributed by atoms with Crippen molar-refractivity contribution in [2.24, 2.45) is 80.8 Å². The van der Waals surface area contributed by atoms with Gasteiger partial charge in [-0.25, -0.2) is 13.8 Å². The number of rotatable bonds is 17. The van der Waals surface area contributed by atoms with Gasteiger partial charge in [0.25, 0.3) is 0 Å². The van der Waals surface area contributed by atoms with Crippen molar-refractivity contribution in [2.75, 3.05) is 14.2 Å². The third kappa shape index (κ3) is 18.3. The van der Waals surface area contributed by atoms with Gasteiger partial charge in [-0.3, -0.25) is 14.4 Å². The van der Waals surface area contributed by atoms with E-state index >= 15 is 0 Å². The van der Waals surface area contributed by atoms with Crippen LogP contribution in [0.3, 0.4) is 0 Å². The van der Waals surface area contributed by atoms with Crippen molar-refractivity contribution in [1.29, 1.82) is 0 Å². The molecule has 1 amide bonds. The highest BCUT2D eigenvalue weighted by atomic mass is 79.9. The Kier molecular flexibility index (Phi) is 30.3. The predicted molar refractivity (Wildman–Crippen MR) is 436 cm³/mol. The minimum absolute atomic E-state index is 0. The third-order valence-electron chi connectivity index (χ3n) is 26.8. The van der Waals surface area contributed by atoms with E-state index in [9.17, 15) is 28.6 Å². The highest BCUT2D eigenvalue weighted by Crippen LogP contribution is 2.70. The number of carbonyl (C=O) groups is 2. The zero-order valence-electron chi connectivity index (χ0n) is 58.1. The van der Waals surface area contributed by atoms with Gasteiger partial charge in [0.15, 0.2) is 5.78 Å². The molecule has 8 saturated carbocycles. The quantitative estimate of drug-likeness (QED) is 0.145. The second-order valence-electron chi connectivity index (χ2n) is 32.5. The molecule has 458 valence electrons. The molecule has 0 aliphatic heterocycles. The number of nitrogens with zero attached hydrogens (tertiary/aromatic N) is 1. The molecule has 8 fully saturated rings. The predicted octanol–water partition coefficient (Wildman–Crippen LogP) is 2.63. The van der Waals surface area contributed by atoms with Crippen molar-refractivity contribution in [3.05, 3.63) is 70.2 Å². The molecule has 0 unspecified atom stereocenters. The normalized spacial score (nSPS) is 33.3. The monoisotopic (exact) mass is 1310 g/mol. The van der Waals surface area contributed by atoms with Crippen LogP contribution in [0.5, 0.6) is 0 Å². The molecule has 32 radical (unpaired) electrons. The molecule has 8 aliphatic rings. The Balaban J connectivity index is 0.000000214. The fourth-order valence-electron chi connectivity index (χ4n) is 21.9. The Morgan fingerprint density at radius 3 is 1.08 bits per heavy atom. The lowest BCUT2D eigenvalue weighted by Gasteiger charge is -2.61. The van der Waals surface area contributed by atoms with Gasteiger partial charge in [-0.1, -0.05) is 51.1 Å². The highest BCUT2D eigenvalue weighted by Gasteiger charge is 2.64. The fraction of sp³-hybridized carbons (Fsp3) is 0.754. The van der Waals surface area contributed by atoms with Gasteiger partial charge in [0.1, 0.15) is 11.6 Å². The van der Waals surface area contributed by atoms with Gasteiger partial charge in [-0.05, 0) is 247 Å². The van der Waals surface area contributed by atoms with E-state index < -0.39 is 101 Å². The minimum Gasteiger partial charge on any atom is -0.390 e. The van der Waals surface area contributed by atoms with Crippen molar-refractivity contribution < 1.29 is 33.4 Å². The number of carbonyl (C=O) groups excluding carboxylic acids is 2. The van der Waals surface area contributed by atoms with Gasteiger partial charge < -0.3 is 10.2 Å². The van der Waals surface area contributed by atoms with Gasteiger partial charge in [-0.2, -0.15) is 0 Å². The summed E-state index contributed by atoms with van der Waals surface area (Å²) in [4.78, 5) is 31.5. The topological polar surface area (TPSA) is 87.1 Å². The summed E-state index contributed by atoms with van der Waals surface area (Å²) in [5, 5.41) is 22.8. The molecule has 2 aromatic rings. The van der Waals surface area contributed by atoms with Crippen molar-refractivity contribution >= 4 is 241 Å². The van der Waals surface area contributed by atoms with Gasteiger partial charge in [0.05, 0.1) is 18.3 Å². The zero-order chi connectivity index (χ0) is 71.0. The van der Waals surface area contributed by atoms with Crippen LogP contribution >= 0.6 is 15.9 Å². The number of aliphatic hydroxyl groups is 2. The molecule has 6 nitrogen and oxygen atoms in total. The smallest absolute Gasteiger partial charge is 0.249 e. The van der Waals surface area contributed by atoms with Gasteiger partial charge in [0, 0.05) is 242 Å². The maximum Gasteiger partial charge on any atom is 0.249 e. The lowest BCUT2D eigenvalue weighted by molar-refractivity contribution is -0.182. The van der Waals surface area contributed by atoms with Gasteiger partial charge >= 0.3 is 0 Å². The van der Waals surface area contributed by atoms with Crippen LogP contribution in [0.25, 0.3) is 0 Å². The molecule has 2 aromatic carbocycles. The second-order valence-corrected chi connectivity index (χ2v) is 33.4. The first-order valence-electron chi connectivity index (χ1n) is 35.2. The molecule has 0 bridgehead atoms. The lowest BCUT2D eigenvalue weighted by atomic mass is 8.31. The SMILES string of the molecule is C.CON(C)C(=O)[C@H]1CC[C@H]2[C@@H]3CC[C@H]4C[C@](C)(O)CC[C@]4(C)[C@H]3CC[C@]12C.C[C@@]1(O)CC[C@@]2(C)[C@@H](CC[C@@H]3[C@@H]2CC[C@]2(C)[C@@H](C(=O)c4ccc(F)cc4)CC[C@@H]32)C1.Fc1ccc(Br)cc1.[B]B([B])B(B([B])[B])B(B(B([B])[B])B([B])[B])B(B(B([B])[B])B([B])[B])B(B([B])[B])B([B])[B]. The summed E-state index contributed by atoms with van der Waals surface area (Å²) < 4.78 is 26.3. The van der Waals surface area contributed by atoms with Crippen LogP contribution < -0.4 is 0 Å². The summed E-state index contributed by atoms with van der Waals surface area (Å²) in [7, 11) is 99.7. The molecule has 0 spiro atoms. The number of amides is 1. The molecule has 0 heterocycles. The first kappa shape index (κ1) is 84.7. The van der Waals surface area contributed by atoms with Gasteiger partial charge in [-0.15, -0.1) is 0 Å². The lowest BCUT2D eigenvalue weighted by Crippen LogP contribution is -2.88. The number of hydrogen-bond donors (Lipinski definition) is 2. The molecule has 0 aromatic heterocycles. The van der Waals surface area contributed by atoms with E-state index in [1.54, 1.807) is 38.4 Å². The molecular formula is C57H84B30BrF2NO5. The summed E-state index contributed by atoms with van der Waals surface area (Å²) in [6.07, 6.45) is 6.62. The summed E-state index contributed by atoms with van der Waals surface area (Å²) in [6.45, 7) is 13.9. The summed E-state index contributed by atoms with van der Waals surface area (Å²) in [6, 6.07) is 12.3. The zero-order valence-corrected chi connectivity index (χ0v) is 59.7. The molecule has 2 N–H and O–H groups in total. The van der Waals surface area contributed by atoms with Crippen LogP contribution in [-0.4, -0.2) is 266 Å². The van der Waals surface area contributed by atoms with Crippen LogP contribution in [0.15, 0.2) is 53.0 Å². The van der Waals surface area contributed by atoms with E-state index in [0.29, 0.717) is 40.1 Å². The highest BCUT2D eigenvalue weighted by molar-refractivity contribution is 9.10. The van der Waals surface area contributed by atoms with E-state index in [-0.39, 0.29) is 53.4 Å². The molecule has 10 rings (SSSR count). The standard InChI is InChI=1S/C27H37FO2.C23H39NO3.C6H4BrF.CH4.B30/c1-25(30)14-15-26(2)18(16-25)6-9-20-21-10-11-23(27(21,3)13-12-22(20)26)24(29)17-4-7-19(28)8-5-17;1-21(26)12-13-22(2)15(14-21)6-7-16-17-8-9-19(20(25)24(4)27-5)23(17,3)11-10-18(16)22;7-5-1-3-6(8)4-2-5;;1-17(2)25(18(3)4)29(26(19(5)6)20(7)8)30(27(21(9)10)22(11)12)28(23(13)14)24(15)16/h4-5,7-8,18,20-23,30H,6,9-16H2,1-3H3;15-19,26H,6-14H2,1-5H3;1-4H;1H4;/t18-,20-,21-,22-,23+,25+,26-,27-;15-,16-,17-,18-,19+,21+,22-,23-;;;/m00.../s1. The summed E-state index contributed by atoms with van der Waals surface area (Å²) >= 11 is 3.18. The largest absolute Gasteiger partial charge is 0.390 e. The number of fused-ring (bicyclic) bond motifs is 10. The summed E-state index contributed by atoms with van der Waals surface area (Å²) in [5.74, 6) is 5.74. The molecule has 0 saturated heterocycles. The molecule has 39 heteroatoms. The summed E-state index contributed by atoms with van der Waals surface area (Å²) in [5.41, 5.74) is 0.680. The van der Waals surface area contributed by atoms with Crippen LogP contribution in [-0.2, 0) is 9.63 Å². The van der Waals surface area contributed by atoms with E-state index in [4.69, 9.17) is 129 Å². The third-order valence-corrected chi connectivity index (χ3v) is 27.3. The molecule has 16 atom stereocenters. The maximum atomic E-state index is 13.4. The Morgan fingerprint density at radius 2 is 0.760 bits per heavy atom. The number of ketones is 1. The van der Waals surface area contributed by atoms with Crippen molar-refractivity contribution in [1.82, 2.24) is 5.06 Å². The number of benzene rings is 2. The van der Waals surface area contributed by atoms with Crippen molar-refractivity contribution in [2.45, 2.75) is 176 Å². The average Bonchev–Trinajstić information content (AvgIpc) is 1.29. The number of hydrogen-bond acceptors (Lipinski definition) is 5. The van der Waals surface area contributed by atoms with Gasteiger partial charge in [0.2, 0.25) is 5.91 Å². The van der Waals surface area contributed by atoms with Crippen LogP contribution in [0.2, 0.25) is 0 Å². The van der Waals surface area contributed by atoms with Crippen molar-refractivity contribution in [3.8, 4) is 0 Å². The van der Waals surface area contributed by atoms with E-state index in [2.05, 4.69) is 43.6 Å². The first-order chi connectivity index (χ1) is 44.1. The number of Topliss-reactive ketones (excluding diaryl/α,β-unsaturated/α-hetero) is 1. The fourth-order valence-corrected chi connectivity index (χ4v) is 22.1. The number of hydroxylamine groups is 2. The Morgan fingerprint density at radius 1 is 0.448 bits per heavy atom. The Hall–Kier alpha value is -0.252. The van der Waals surface area contributed by atoms with Crippen LogP contribution in [0, 0.1) is 92.5 Å². The Labute approximate surface area is 615 Å². The van der Waals surface area contributed by atoms with E-state index in [1.165, 1.54) is 87.1 Å². The Bertz CT molecular complexity index is 2700. The molecule has 8 aliphatic carbocycles. The van der Waals surface area contributed by atoms with E-state index in [1.807, 2.05) is 13.8 Å². The van der Waals surface area contributed by atoms with E-state index in [0.717, 1.165) is 85.9 Å². The number of halogens is 3. The minimum atomic E-state index is -1.07. The van der Waals surface area contributed by atoms with Crippen LogP contribution in [0.1, 0.15) is 175 Å². The first-order valence-corrected chi connectivity index (χ1v) is 36.0. The molecular weight excluding hydrogens is 1220 g/mol.